The summed E-state index contributed by atoms with van der Waals surface area (Å²) in [7, 11) is 0. The molecule has 2 unspecified atom stereocenters. The molecule has 0 heterocycles. The van der Waals surface area contributed by atoms with Gasteiger partial charge in [0.2, 0.25) is 0 Å². The number of rotatable bonds is 7. The summed E-state index contributed by atoms with van der Waals surface area (Å²) in [5, 5.41) is 0. The quantitative estimate of drug-likeness (QED) is 0.500. The van der Waals surface area contributed by atoms with Crippen LogP contribution in [0.5, 0.6) is 0 Å². The normalized spacial score (nSPS) is 18.5. The zero-order valence-corrected chi connectivity index (χ0v) is 13.9. The Morgan fingerprint density at radius 1 is 0.882 bits per heavy atom. The van der Waals surface area contributed by atoms with Crippen molar-refractivity contribution in [3.63, 3.8) is 0 Å². The molecule has 0 fully saturated rings. The Balaban J connectivity index is 4.93. The van der Waals surface area contributed by atoms with Gasteiger partial charge >= 0.3 is 0 Å². The maximum absolute atomic E-state index is 2.51. The standard InChI is InChI=1S/C17H36/c1-10-17(9,15(6)14(4)5)16(7,8)12-11-13(2)3/h13-15H,10-12H2,1-9H3. The van der Waals surface area contributed by atoms with E-state index in [0.717, 1.165) is 17.8 Å². The van der Waals surface area contributed by atoms with Crippen molar-refractivity contribution in [3.8, 4) is 0 Å². The molecule has 0 aromatic carbocycles. The van der Waals surface area contributed by atoms with E-state index < -0.39 is 0 Å². The summed E-state index contributed by atoms with van der Waals surface area (Å²) >= 11 is 0. The fourth-order valence-corrected chi connectivity index (χ4v) is 3.09. The molecule has 0 aliphatic carbocycles. The van der Waals surface area contributed by atoms with E-state index in [4.69, 9.17) is 0 Å². The van der Waals surface area contributed by atoms with Crippen LogP contribution in [0, 0.1) is 28.6 Å². The van der Waals surface area contributed by atoms with Gasteiger partial charge in [-0.2, -0.15) is 0 Å². The zero-order chi connectivity index (χ0) is 13.9. The molecule has 0 spiro atoms. The molecule has 0 radical (unpaired) electrons. The van der Waals surface area contributed by atoms with Gasteiger partial charge in [0.05, 0.1) is 0 Å². The average molecular weight is 240 g/mol. The summed E-state index contributed by atoms with van der Waals surface area (Å²) in [5.74, 6) is 2.39. The Labute approximate surface area is 111 Å². The minimum Gasteiger partial charge on any atom is -0.0648 e. The van der Waals surface area contributed by atoms with Crippen molar-refractivity contribution in [1.82, 2.24) is 0 Å². The lowest BCUT2D eigenvalue weighted by Gasteiger charge is -2.50. The first-order valence-corrected chi connectivity index (χ1v) is 7.58. The summed E-state index contributed by atoms with van der Waals surface area (Å²) in [6.07, 6.45) is 4.00. The molecule has 2 atom stereocenters. The number of hydrogen-bond donors (Lipinski definition) is 0. The summed E-state index contributed by atoms with van der Waals surface area (Å²) in [6, 6.07) is 0. The van der Waals surface area contributed by atoms with E-state index in [2.05, 4.69) is 62.3 Å². The van der Waals surface area contributed by atoms with Gasteiger partial charge in [-0.15, -0.1) is 0 Å². The van der Waals surface area contributed by atoms with Crippen LogP contribution in [0.25, 0.3) is 0 Å². The van der Waals surface area contributed by atoms with E-state index in [0.29, 0.717) is 10.8 Å². The highest BCUT2D eigenvalue weighted by Crippen LogP contribution is 2.52. The molecule has 0 rings (SSSR count). The van der Waals surface area contributed by atoms with Crippen LogP contribution in [0.2, 0.25) is 0 Å². The Morgan fingerprint density at radius 2 is 1.35 bits per heavy atom. The van der Waals surface area contributed by atoms with Gasteiger partial charge in [-0.05, 0) is 41.4 Å². The van der Waals surface area contributed by atoms with Gasteiger partial charge in [-0.3, -0.25) is 0 Å². The van der Waals surface area contributed by atoms with Crippen molar-refractivity contribution in [3.05, 3.63) is 0 Å². The lowest BCUT2D eigenvalue weighted by atomic mass is 9.55. The van der Waals surface area contributed by atoms with Crippen molar-refractivity contribution < 1.29 is 0 Å². The van der Waals surface area contributed by atoms with E-state index in [1.807, 2.05) is 0 Å². The molecule has 0 bridgehead atoms. The second-order valence-corrected chi connectivity index (χ2v) is 7.62. The summed E-state index contributed by atoms with van der Waals surface area (Å²) in [4.78, 5) is 0. The van der Waals surface area contributed by atoms with Gasteiger partial charge in [0.15, 0.2) is 0 Å². The Hall–Kier alpha value is 0. The summed E-state index contributed by atoms with van der Waals surface area (Å²) < 4.78 is 0. The molecule has 0 aliphatic heterocycles. The maximum atomic E-state index is 2.51. The second-order valence-electron chi connectivity index (χ2n) is 7.62. The molecule has 0 amide bonds. The minimum atomic E-state index is 0.440. The van der Waals surface area contributed by atoms with Crippen LogP contribution in [0.4, 0.5) is 0 Å². The van der Waals surface area contributed by atoms with Crippen molar-refractivity contribution in [1.29, 1.82) is 0 Å². The average Bonchev–Trinajstić information content (AvgIpc) is 2.23. The molecule has 0 saturated heterocycles. The number of hydrogen-bond acceptors (Lipinski definition) is 0. The van der Waals surface area contributed by atoms with Crippen LogP contribution in [0.1, 0.15) is 81.6 Å². The highest BCUT2D eigenvalue weighted by molar-refractivity contribution is 4.93. The van der Waals surface area contributed by atoms with E-state index in [1.54, 1.807) is 0 Å². The molecule has 0 saturated carbocycles. The monoisotopic (exact) mass is 240 g/mol. The van der Waals surface area contributed by atoms with E-state index in [-0.39, 0.29) is 0 Å². The van der Waals surface area contributed by atoms with E-state index in [9.17, 15) is 0 Å². The molecule has 0 aromatic rings. The third-order valence-corrected chi connectivity index (χ3v) is 5.63. The first-order chi connectivity index (χ1) is 7.58. The Kier molecular flexibility index (Phi) is 6.25. The van der Waals surface area contributed by atoms with Crippen molar-refractivity contribution in [2.45, 2.75) is 81.6 Å². The maximum Gasteiger partial charge on any atom is -0.0249 e. The summed E-state index contributed by atoms with van der Waals surface area (Å²) in [5.41, 5.74) is 0.895. The van der Waals surface area contributed by atoms with Gasteiger partial charge < -0.3 is 0 Å². The summed E-state index contributed by atoms with van der Waals surface area (Å²) in [6.45, 7) is 21.7. The van der Waals surface area contributed by atoms with Gasteiger partial charge in [-0.25, -0.2) is 0 Å². The van der Waals surface area contributed by atoms with Crippen molar-refractivity contribution >= 4 is 0 Å². The van der Waals surface area contributed by atoms with Crippen LogP contribution in [-0.4, -0.2) is 0 Å². The Bertz CT molecular complexity index is 212. The zero-order valence-electron chi connectivity index (χ0n) is 13.9. The van der Waals surface area contributed by atoms with Gasteiger partial charge in [-0.1, -0.05) is 68.7 Å². The van der Waals surface area contributed by atoms with E-state index >= 15 is 0 Å². The topological polar surface area (TPSA) is 0 Å². The highest BCUT2D eigenvalue weighted by Gasteiger charge is 2.43. The third kappa shape index (κ3) is 4.00. The largest absolute Gasteiger partial charge is 0.0648 e. The molecule has 0 heteroatoms. The third-order valence-electron chi connectivity index (χ3n) is 5.63. The van der Waals surface area contributed by atoms with Crippen LogP contribution in [0.15, 0.2) is 0 Å². The predicted octanol–water partition coefficient (Wildman–Crippen LogP) is 6.16. The highest BCUT2D eigenvalue weighted by atomic mass is 14.5. The smallest absolute Gasteiger partial charge is 0.0249 e. The molecule has 17 heavy (non-hydrogen) atoms. The van der Waals surface area contributed by atoms with Crippen LogP contribution < -0.4 is 0 Å². The lowest BCUT2D eigenvalue weighted by molar-refractivity contribution is -0.00772. The fourth-order valence-electron chi connectivity index (χ4n) is 3.09. The predicted molar refractivity (Wildman–Crippen MR) is 80.3 cm³/mol. The first-order valence-electron chi connectivity index (χ1n) is 7.58. The molecule has 0 nitrogen and oxygen atoms in total. The minimum absolute atomic E-state index is 0.440. The van der Waals surface area contributed by atoms with Crippen LogP contribution in [0.3, 0.4) is 0 Å². The van der Waals surface area contributed by atoms with Crippen LogP contribution in [-0.2, 0) is 0 Å². The lowest BCUT2D eigenvalue weighted by Crippen LogP contribution is -2.42. The first kappa shape index (κ1) is 17.0. The molecule has 0 aromatic heterocycles. The second kappa shape index (κ2) is 6.25. The van der Waals surface area contributed by atoms with Gasteiger partial charge in [0.25, 0.3) is 0 Å². The van der Waals surface area contributed by atoms with Crippen molar-refractivity contribution in [2.75, 3.05) is 0 Å². The Morgan fingerprint density at radius 3 is 1.65 bits per heavy atom. The van der Waals surface area contributed by atoms with Crippen molar-refractivity contribution in [2.24, 2.45) is 28.6 Å². The molecule has 104 valence electrons. The van der Waals surface area contributed by atoms with Crippen LogP contribution >= 0.6 is 0 Å². The van der Waals surface area contributed by atoms with Gasteiger partial charge in [0, 0.05) is 0 Å². The van der Waals surface area contributed by atoms with E-state index in [1.165, 1.54) is 19.3 Å². The molecule has 0 aliphatic rings. The SMILES string of the molecule is CCC(C)(C(C)C(C)C)C(C)(C)CCC(C)C. The molecular formula is C17H36. The van der Waals surface area contributed by atoms with Gasteiger partial charge in [0.1, 0.15) is 0 Å². The molecular weight excluding hydrogens is 204 g/mol. The molecule has 0 N–H and O–H groups in total. The fraction of sp³-hybridized carbons (Fsp3) is 1.00.